The van der Waals surface area contributed by atoms with Crippen molar-refractivity contribution in [3.05, 3.63) is 115 Å². The number of aromatic nitrogens is 1. The zero-order valence-electron chi connectivity index (χ0n) is 18.7. The van der Waals surface area contributed by atoms with Gasteiger partial charge >= 0.3 is 40.8 Å². The van der Waals surface area contributed by atoms with Crippen LogP contribution in [0.1, 0.15) is 22.5 Å². The summed E-state index contributed by atoms with van der Waals surface area (Å²) in [5, 5.41) is 12.4. The fourth-order valence-electron chi connectivity index (χ4n) is 3.52. The van der Waals surface area contributed by atoms with Gasteiger partial charge in [-0.2, -0.15) is 10.2 Å². The van der Waals surface area contributed by atoms with Crippen LogP contribution in [0.2, 0.25) is 0 Å². The van der Waals surface area contributed by atoms with Crippen molar-refractivity contribution in [1.29, 1.82) is 0 Å². The van der Waals surface area contributed by atoms with Crippen molar-refractivity contribution in [2.75, 3.05) is 0 Å². The summed E-state index contributed by atoms with van der Waals surface area (Å²) in [4.78, 5) is 8.64. The van der Waals surface area contributed by atoms with E-state index in [1.165, 1.54) is 11.1 Å². The molecule has 0 N–H and O–H groups in total. The number of hydrogen-bond donors (Lipinski definition) is 0. The molecular formula is C25H23Br2N7Pd. The standard InChI is InChI=1S/C25H23N7.2BrH.Pd/c1-3-8-22(9-4-1)14-31-20-29(18-26-31)16-24-12-7-13-25(28-24)17-30-19-27-32(21-30)15-23-10-5-2-6-11-23;;;/h1-13,18-19H,14-17H2;2*1H;/q;;;+2/p-2. The van der Waals surface area contributed by atoms with E-state index < -0.39 is 0 Å². The molecule has 0 saturated carbocycles. The molecule has 1 aromatic heterocycles. The number of pyridine rings is 1. The smallest absolute Gasteiger partial charge is 0.227 e. The quantitative estimate of drug-likeness (QED) is 0.302. The summed E-state index contributed by atoms with van der Waals surface area (Å²) in [6.07, 6.45) is 3.57. The fraction of sp³-hybridized carbons (Fsp3) is 0.160. The molecule has 3 aromatic rings. The first-order valence-electron chi connectivity index (χ1n) is 10.8. The topological polar surface area (TPSA) is 50.6 Å². The summed E-state index contributed by atoms with van der Waals surface area (Å²) in [5.74, 6) is 0. The predicted molar refractivity (Wildman–Crippen MR) is 141 cm³/mol. The minimum atomic E-state index is 0.575. The van der Waals surface area contributed by atoms with Crippen molar-refractivity contribution in [2.45, 2.75) is 26.2 Å². The SMILES string of the molecule is [Br][Pd][Br].[C]1N(Cc2cccc(CN3[C]N(Cc4ccccc4)N=C3)n2)C=NN1Cc1ccccc1. The zero-order valence-corrected chi connectivity index (χ0v) is 23.4. The molecule has 182 valence electrons. The molecule has 0 fully saturated rings. The van der Waals surface area contributed by atoms with E-state index in [4.69, 9.17) is 4.98 Å². The van der Waals surface area contributed by atoms with Crippen molar-refractivity contribution in [2.24, 2.45) is 10.2 Å². The molecule has 0 atom stereocenters. The molecule has 2 aliphatic heterocycles. The van der Waals surface area contributed by atoms with E-state index in [0.29, 0.717) is 40.1 Å². The maximum Gasteiger partial charge on any atom is 0.227 e. The van der Waals surface area contributed by atoms with Crippen molar-refractivity contribution in [1.82, 2.24) is 24.8 Å². The summed E-state index contributed by atoms with van der Waals surface area (Å²) in [5.41, 5.74) is 4.31. The van der Waals surface area contributed by atoms with Gasteiger partial charge in [-0.25, -0.2) is 0 Å². The molecule has 0 saturated heterocycles. The molecule has 4 radical (unpaired) electrons. The Labute approximate surface area is 228 Å². The van der Waals surface area contributed by atoms with Gasteiger partial charge in [0.1, 0.15) is 12.7 Å². The van der Waals surface area contributed by atoms with Crippen LogP contribution in [0.5, 0.6) is 0 Å². The molecule has 0 unspecified atom stereocenters. The second kappa shape index (κ2) is 13.7. The third-order valence-corrected chi connectivity index (χ3v) is 5.03. The zero-order chi connectivity index (χ0) is 24.3. The van der Waals surface area contributed by atoms with E-state index in [9.17, 15) is 0 Å². The Bertz CT molecular complexity index is 1020. The van der Waals surface area contributed by atoms with Gasteiger partial charge in [0.05, 0.1) is 37.6 Å². The number of hydrogen-bond acceptors (Lipinski definition) is 7. The van der Waals surface area contributed by atoms with Crippen molar-refractivity contribution in [3.8, 4) is 0 Å². The Morgan fingerprint density at radius 3 is 1.46 bits per heavy atom. The van der Waals surface area contributed by atoms with Crippen molar-refractivity contribution < 1.29 is 13.9 Å². The van der Waals surface area contributed by atoms with Gasteiger partial charge in [0.2, 0.25) is 13.3 Å². The van der Waals surface area contributed by atoms with Crippen LogP contribution in [0.3, 0.4) is 0 Å². The number of rotatable bonds is 8. The number of halogens is 2. The van der Waals surface area contributed by atoms with Crippen LogP contribution in [0.25, 0.3) is 0 Å². The number of hydrazone groups is 2. The van der Waals surface area contributed by atoms with E-state index in [0.717, 1.165) is 11.4 Å². The molecule has 3 heterocycles. The van der Waals surface area contributed by atoms with E-state index >= 15 is 0 Å². The molecule has 0 amide bonds. The Morgan fingerprint density at radius 2 is 1.03 bits per heavy atom. The molecule has 35 heavy (non-hydrogen) atoms. The summed E-state index contributed by atoms with van der Waals surface area (Å²) < 4.78 is 0. The molecule has 7 nitrogen and oxygen atoms in total. The first-order chi connectivity index (χ1) is 17.2. The monoisotopic (exact) mass is 685 g/mol. The van der Waals surface area contributed by atoms with Gasteiger partial charge in [-0.15, -0.1) is 0 Å². The summed E-state index contributed by atoms with van der Waals surface area (Å²) in [6, 6.07) is 26.6. The minimum Gasteiger partial charge on any atom is -0.323 e. The molecule has 0 spiro atoms. The predicted octanol–water partition coefficient (Wildman–Crippen LogP) is 5.29. The normalized spacial score (nSPS) is 14.6. The number of benzene rings is 2. The first kappa shape index (κ1) is 25.8. The molecular weight excluding hydrogens is 665 g/mol. The average molecular weight is 688 g/mol. The molecule has 0 bridgehead atoms. The fourth-order valence-corrected chi connectivity index (χ4v) is 3.52. The third-order valence-electron chi connectivity index (χ3n) is 5.03. The molecule has 2 aromatic carbocycles. The van der Waals surface area contributed by atoms with E-state index in [1.54, 1.807) is 12.7 Å². The molecule has 5 rings (SSSR count). The largest absolute Gasteiger partial charge is 0.323 e. The van der Waals surface area contributed by atoms with Gasteiger partial charge in [0, 0.05) is 0 Å². The van der Waals surface area contributed by atoms with E-state index in [1.807, 2.05) is 74.4 Å². The van der Waals surface area contributed by atoms with Gasteiger partial charge in [-0.05, 0) is 23.3 Å². The summed E-state index contributed by atoms with van der Waals surface area (Å²) in [6.45, 7) is 9.15. The third kappa shape index (κ3) is 8.43. The van der Waals surface area contributed by atoms with Crippen LogP contribution in [0.15, 0.2) is 89.1 Å². The second-order valence-corrected chi connectivity index (χ2v) is 14.8. The van der Waals surface area contributed by atoms with Gasteiger partial charge in [-0.3, -0.25) is 15.0 Å². The van der Waals surface area contributed by atoms with Crippen LogP contribution >= 0.6 is 26.9 Å². The van der Waals surface area contributed by atoms with Crippen LogP contribution in [0, 0.1) is 13.3 Å². The maximum atomic E-state index is 4.79. The molecule has 10 heteroatoms. The van der Waals surface area contributed by atoms with Gasteiger partial charge in [-0.1, -0.05) is 66.7 Å². The second-order valence-electron chi connectivity index (χ2n) is 7.67. The van der Waals surface area contributed by atoms with Crippen LogP contribution in [0.4, 0.5) is 0 Å². The van der Waals surface area contributed by atoms with E-state index in [2.05, 4.69) is 74.7 Å². The first-order valence-corrected chi connectivity index (χ1v) is 17.9. The molecule has 0 aliphatic carbocycles. The average Bonchev–Trinajstić information content (AvgIpc) is 3.50. The van der Waals surface area contributed by atoms with Gasteiger partial charge < -0.3 is 9.80 Å². The Balaban J connectivity index is 0.000000917. The summed E-state index contributed by atoms with van der Waals surface area (Å²) in [7, 11) is 0. The Hall–Kier alpha value is -2.25. The van der Waals surface area contributed by atoms with Crippen LogP contribution in [-0.2, 0) is 40.1 Å². The number of nitrogens with zero attached hydrogens (tertiary/aromatic N) is 7. The molecule has 2 aliphatic rings. The van der Waals surface area contributed by atoms with Crippen LogP contribution < -0.4 is 0 Å². The Kier molecular flexibility index (Phi) is 10.1. The minimum absolute atomic E-state index is 0.575. The van der Waals surface area contributed by atoms with Crippen LogP contribution in [-0.4, -0.2) is 37.5 Å². The van der Waals surface area contributed by atoms with E-state index in [-0.39, 0.29) is 0 Å². The van der Waals surface area contributed by atoms with Gasteiger partial charge in [0.15, 0.2) is 0 Å². The Morgan fingerprint density at radius 1 is 0.600 bits per heavy atom. The van der Waals surface area contributed by atoms with Crippen molar-refractivity contribution in [3.63, 3.8) is 0 Å². The maximum absolute atomic E-state index is 4.79. The summed E-state index contributed by atoms with van der Waals surface area (Å²) >= 11 is 6.80. The van der Waals surface area contributed by atoms with Crippen molar-refractivity contribution >= 4 is 39.5 Å². The van der Waals surface area contributed by atoms with Gasteiger partial charge in [0.25, 0.3) is 0 Å².